The van der Waals surface area contributed by atoms with Crippen molar-refractivity contribution in [3.8, 4) is 17.0 Å². The first kappa shape index (κ1) is 13.1. The predicted molar refractivity (Wildman–Crippen MR) is 88.8 cm³/mol. The van der Waals surface area contributed by atoms with Gasteiger partial charge in [-0.3, -0.25) is 4.79 Å². The lowest BCUT2D eigenvalue weighted by Crippen LogP contribution is -2.14. The molecule has 110 valence electrons. The van der Waals surface area contributed by atoms with E-state index in [1.165, 1.54) is 11.3 Å². The summed E-state index contributed by atoms with van der Waals surface area (Å²) in [6, 6.07) is 9.88. The fourth-order valence-corrected chi connectivity index (χ4v) is 3.51. The van der Waals surface area contributed by atoms with E-state index in [0.717, 1.165) is 39.2 Å². The Morgan fingerprint density at radius 3 is 3.05 bits per heavy atom. The molecule has 0 spiro atoms. The number of fused-ring (bicyclic) bond motifs is 2. The molecule has 6 heteroatoms. The highest BCUT2D eigenvalue weighted by atomic mass is 32.1. The van der Waals surface area contributed by atoms with E-state index >= 15 is 0 Å². The standard InChI is InChI=1S/C16H13N3O2S/c1-19-8-21-13-6-9(2-5-12(13)19)11-4-3-10-15(17)14(7-20)22-16(10)18-11/h2-7H,8,17H2,1H3. The van der Waals surface area contributed by atoms with E-state index in [-0.39, 0.29) is 0 Å². The van der Waals surface area contributed by atoms with Crippen LogP contribution in [0.1, 0.15) is 9.67 Å². The van der Waals surface area contributed by atoms with Crippen molar-refractivity contribution in [1.29, 1.82) is 0 Å². The third-order valence-electron chi connectivity index (χ3n) is 3.81. The molecule has 3 aromatic rings. The molecule has 0 aliphatic carbocycles. The van der Waals surface area contributed by atoms with Gasteiger partial charge in [-0.1, -0.05) is 6.07 Å². The number of carbonyl (C=O) groups excluding carboxylic acids is 1. The van der Waals surface area contributed by atoms with Crippen LogP contribution in [0.3, 0.4) is 0 Å². The van der Waals surface area contributed by atoms with Gasteiger partial charge >= 0.3 is 0 Å². The summed E-state index contributed by atoms with van der Waals surface area (Å²) in [7, 11) is 1.99. The molecule has 0 bridgehead atoms. The first-order chi connectivity index (χ1) is 10.7. The molecule has 0 saturated heterocycles. The molecule has 2 aromatic heterocycles. The summed E-state index contributed by atoms with van der Waals surface area (Å²) in [4.78, 5) is 19.0. The topological polar surface area (TPSA) is 68.5 Å². The highest BCUT2D eigenvalue weighted by Gasteiger charge is 2.18. The molecule has 0 atom stereocenters. The Hall–Kier alpha value is -2.60. The van der Waals surface area contributed by atoms with Crippen LogP contribution in [0.25, 0.3) is 21.5 Å². The van der Waals surface area contributed by atoms with Crippen molar-refractivity contribution in [2.45, 2.75) is 0 Å². The van der Waals surface area contributed by atoms with Gasteiger partial charge in [0.05, 0.1) is 21.9 Å². The molecule has 5 nitrogen and oxygen atoms in total. The second kappa shape index (κ2) is 4.71. The van der Waals surface area contributed by atoms with Gasteiger partial charge in [-0.15, -0.1) is 11.3 Å². The number of carbonyl (C=O) groups is 1. The van der Waals surface area contributed by atoms with Gasteiger partial charge in [-0.05, 0) is 24.3 Å². The third-order valence-corrected chi connectivity index (χ3v) is 4.85. The largest absolute Gasteiger partial charge is 0.471 e. The summed E-state index contributed by atoms with van der Waals surface area (Å²) in [5.74, 6) is 0.862. The van der Waals surface area contributed by atoms with Crippen LogP contribution in [0.5, 0.6) is 5.75 Å². The molecule has 0 fully saturated rings. The van der Waals surface area contributed by atoms with Gasteiger partial charge in [0.2, 0.25) is 0 Å². The zero-order chi connectivity index (χ0) is 15.3. The molecule has 0 unspecified atom stereocenters. The maximum atomic E-state index is 11.0. The number of thiophene rings is 1. The van der Waals surface area contributed by atoms with Crippen molar-refractivity contribution in [2.24, 2.45) is 0 Å². The maximum absolute atomic E-state index is 11.0. The highest BCUT2D eigenvalue weighted by molar-refractivity contribution is 7.20. The fourth-order valence-electron chi connectivity index (χ4n) is 2.60. The quantitative estimate of drug-likeness (QED) is 0.736. The van der Waals surface area contributed by atoms with E-state index in [2.05, 4.69) is 4.98 Å². The number of nitrogen functional groups attached to an aromatic ring is 1. The van der Waals surface area contributed by atoms with Gasteiger partial charge < -0.3 is 15.4 Å². The van der Waals surface area contributed by atoms with Crippen molar-refractivity contribution >= 4 is 39.2 Å². The minimum atomic E-state index is 0.507. The average molecular weight is 311 g/mol. The van der Waals surface area contributed by atoms with Gasteiger partial charge in [0, 0.05) is 18.0 Å². The normalized spacial score (nSPS) is 13.2. The predicted octanol–water partition coefficient (Wildman–Crippen LogP) is 3.14. The van der Waals surface area contributed by atoms with Gasteiger partial charge in [0.15, 0.2) is 13.0 Å². The van der Waals surface area contributed by atoms with E-state index in [1.807, 2.05) is 42.3 Å². The van der Waals surface area contributed by atoms with Crippen molar-refractivity contribution in [2.75, 3.05) is 24.4 Å². The average Bonchev–Trinajstić information content (AvgIpc) is 3.07. The van der Waals surface area contributed by atoms with E-state index in [9.17, 15) is 4.79 Å². The molecular formula is C16H13N3O2S. The Balaban J connectivity index is 1.83. The summed E-state index contributed by atoms with van der Waals surface area (Å²) in [6.07, 6.45) is 0.778. The van der Waals surface area contributed by atoms with Crippen LogP contribution < -0.4 is 15.4 Å². The summed E-state index contributed by atoms with van der Waals surface area (Å²) < 4.78 is 5.64. The van der Waals surface area contributed by atoms with E-state index in [4.69, 9.17) is 10.5 Å². The van der Waals surface area contributed by atoms with Crippen LogP contribution >= 0.6 is 11.3 Å². The summed E-state index contributed by atoms with van der Waals surface area (Å²) in [5, 5.41) is 0.827. The van der Waals surface area contributed by atoms with Crippen LogP contribution in [-0.2, 0) is 0 Å². The number of pyridine rings is 1. The monoisotopic (exact) mass is 311 g/mol. The van der Waals surface area contributed by atoms with Crippen molar-refractivity contribution in [1.82, 2.24) is 4.98 Å². The number of aromatic nitrogens is 1. The molecule has 1 aromatic carbocycles. The molecular weight excluding hydrogens is 298 g/mol. The number of nitrogens with zero attached hydrogens (tertiary/aromatic N) is 2. The Bertz CT molecular complexity index is 904. The summed E-state index contributed by atoms with van der Waals surface area (Å²) in [6.45, 7) is 0.565. The second-order valence-electron chi connectivity index (χ2n) is 5.20. The van der Waals surface area contributed by atoms with Crippen LogP contribution in [0.4, 0.5) is 11.4 Å². The molecule has 0 saturated carbocycles. The van der Waals surface area contributed by atoms with E-state index in [0.29, 0.717) is 17.3 Å². The third kappa shape index (κ3) is 1.84. The molecule has 1 aliphatic rings. The lowest BCUT2D eigenvalue weighted by molar-refractivity contribution is 0.112. The maximum Gasteiger partial charge on any atom is 0.162 e. The number of hydrogen-bond donors (Lipinski definition) is 1. The highest BCUT2D eigenvalue weighted by Crippen LogP contribution is 2.37. The zero-order valence-corrected chi connectivity index (χ0v) is 12.7. The van der Waals surface area contributed by atoms with Gasteiger partial charge in [-0.25, -0.2) is 4.98 Å². The van der Waals surface area contributed by atoms with Crippen molar-refractivity contribution < 1.29 is 9.53 Å². The molecule has 0 amide bonds. The Kier molecular flexibility index (Phi) is 2.80. The van der Waals surface area contributed by atoms with E-state index < -0.39 is 0 Å². The lowest BCUT2D eigenvalue weighted by atomic mass is 10.1. The van der Waals surface area contributed by atoms with Crippen LogP contribution in [0.2, 0.25) is 0 Å². The Labute approximate surface area is 130 Å². The summed E-state index contributed by atoms with van der Waals surface area (Å²) in [5.41, 5.74) is 9.35. The fraction of sp³-hybridized carbons (Fsp3) is 0.125. The number of nitrogens with two attached hydrogens (primary N) is 1. The number of rotatable bonds is 2. The number of benzene rings is 1. The summed E-state index contributed by atoms with van der Waals surface area (Å²) >= 11 is 1.31. The minimum Gasteiger partial charge on any atom is -0.471 e. The molecule has 4 rings (SSSR count). The molecule has 0 radical (unpaired) electrons. The number of aldehydes is 1. The molecule has 1 aliphatic heterocycles. The van der Waals surface area contributed by atoms with Crippen molar-refractivity contribution in [3.63, 3.8) is 0 Å². The van der Waals surface area contributed by atoms with Crippen LogP contribution in [0.15, 0.2) is 30.3 Å². The van der Waals surface area contributed by atoms with Gasteiger partial charge in [0.25, 0.3) is 0 Å². The number of ether oxygens (including phenoxy) is 1. The number of hydrogen-bond acceptors (Lipinski definition) is 6. The zero-order valence-electron chi connectivity index (χ0n) is 11.9. The smallest absolute Gasteiger partial charge is 0.162 e. The van der Waals surface area contributed by atoms with Gasteiger partial charge in [0.1, 0.15) is 10.6 Å². The lowest BCUT2D eigenvalue weighted by Gasteiger charge is -2.08. The van der Waals surface area contributed by atoms with E-state index in [1.54, 1.807) is 0 Å². The van der Waals surface area contributed by atoms with Crippen molar-refractivity contribution in [3.05, 3.63) is 35.2 Å². The van der Waals surface area contributed by atoms with Crippen LogP contribution in [0, 0.1) is 0 Å². The second-order valence-corrected chi connectivity index (χ2v) is 6.23. The first-order valence-electron chi connectivity index (χ1n) is 6.80. The first-order valence-corrected chi connectivity index (χ1v) is 7.61. The Morgan fingerprint density at radius 2 is 2.23 bits per heavy atom. The SMILES string of the molecule is CN1COc2cc(-c3ccc4c(N)c(C=O)sc4n3)ccc21. The molecule has 2 N–H and O–H groups in total. The molecule has 3 heterocycles. The van der Waals surface area contributed by atoms with Gasteiger partial charge in [-0.2, -0.15) is 0 Å². The van der Waals surface area contributed by atoms with Crippen LogP contribution in [-0.4, -0.2) is 25.0 Å². The Morgan fingerprint density at radius 1 is 1.36 bits per heavy atom. The molecule has 22 heavy (non-hydrogen) atoms. The number of anilines is 2. The minimum absolute atomic E-state index is 0.507.